The molecule has 6 heteroatoms. The number of aryl methyl sites for hydroxylation is 1. The fourth-order valence-electron chi connectivity index (χ4n) is 2.26. The van der Waals surface area contributed by atoms with E-state index in [0.29, 0.717) is 16.5 Å². The SMILES string of the molecule is Cc1cccc(OCC(=O)N/N=C\c2cc3ccccc3nc2Cl)c1. The average Bonchev–Trinajstić information content (AvgIpc) is 2.60. The monoisotopic (exact) mass is 353 g/mol. The molecule has 3 aromatic rings. The largest absolute Gasteiger partial charge is 0.484 e. The number of rotatable bonds is 5. The summed E-state index contributed by atoms with van der Waals surface area (Å²) in [5, 5.41) is 5.18. The molecule has 2 aromatic carbocycles. The minimum absolute atomic E-state index is 0.121. The summed E-state index contributed by atoms with van der Waals surface area (Å²) in [5.41, 5.74) is 4.91. The van der Waals surface area contributed by atoms with Gasteiger partial charge in [0.05, 0.1) is 11.7 Å². The molecule has 1 aromatic heterocycles. The number of halogens is 1. The van der Waals surface area contributed by atoms with Crippen molar-refractivity contribution in [2.24, 2.45) is 5.10 Å². The number of pyridine rings is 1. The number of aromatic nitrogens is 1. The molecule has 0 atom stereocenters. The molecule has 25 heavy (non-hydrogen) atoms. The smallest absolute Gasteiger partial charge is 0.277 e. The second kappa shape index (κ2) is 7.77. The standard InChI is InChI=1S/C19H16ClN3O2/c1-13-5-4-7-16(9-13)25-12-18(24)23-21-11-15-10-14-6-2-3-8-17(14)22-19(15)20/h2-11H,12H2,1H3,(H,23,24)/b21-11-. The lowest BCUT2D eigenvalue weighted by molar-refractivity contribution is -0.123. The normalized spacial score (nSPS) is 11.0. The van der Waals surface area contributed by atoms with E-state index in [4.69, 9.17) is 16.3 Å². The first-order chi connectivity index (χ1) is 12.1. The lowest BCUT2D eigenvalue weighted by Crippen LogP contribution is -2.24. The lowest BCUT2D eigenvalue weighted by Gasteiger charge is -2.05. The Labute approximate surface area is 150 Å². The molecule has 0 aliphatic heterocycles. The number of nitrogens with zero attached hydrogens (tertiary/aromatic N) is 2. The van der Waals surface area contributed by atoms with Gasteiger partial charge in [-0.25, -0.2) is 10.4 Å². The molecule has 1 N–H and O–H groups in total. The predicted molar refractivity (Wildman–Crippen MR) is 99.2 cm³/mol. The van der Waals surface area contributed by atoms with Gasteiger partial charge in [-0.1, -0.05) is 41.9 Å². The highest BCUT2D eigenvalue weighted by Gasteiger charge is 2.04. The summed E-state index contributed by atoms with van der Waals surface area (Å²) < 4.78 is 5.41. The summed E-state index contributed by atoms with van der Waals surface area (Å²) in [7, 11) is 0. The third-order valence-corrected chi connectivity index (χ3v) is 3.76. The van der Waals surface area contributed by atoms with E-state index in [1.807, 2.05) is 55.5 Å². The Morgan fingerprint density at radius 3 is 2.92 bits per heavy atom. The Hall–Kier alpha value is -2.92. The minimum Gasteiger partial charge on any atom is -0.484 e. The third-order valence-electron chi connectivity index (χ3n) is 3.46. The Bertz CT molecular complexity index is 941. The van der Waals surface area contributed by atoms with E-state index in [2.05, 4.69) is 15.5 Å². The van der Waals surface area contributed by atoms with Gasteiger partial charge in [-0.2, -0.15) is 5.10 Å². The molecule has 126 valence electrons. The molecule has 5 nitrogen and oxygen atoms in total. The number of hydrogen-bond acceptors (Lipinski definition) is 4. The topological polar surface area (TPSA) is 63.6 Å². The summed E-state index contributed by atoms with van der Waals surface area (Å²) >= 11 is 6.13. The van der Waals surface area contributed by atoms with Crippen LogP contribution in [0.1, 0.15) is 11.1 Å². The van der Waals surface area contributed by atoms with Crippen LogP contribution in [-0.4, -0.2) is 23.7 Å². The van der Waals surface area contributed by atoms with E-state index in [9.17, 15) is 4.79 Å². The maximum atomic E-state index is 11.8. The number of hydrazone groups is 1. The zero-order valence-electron chi connectivity index (χ0n) is 13.6. The van der Waals surface area contributed by atoms with Crippen molar-refractivity contribution in [3.8, 4) is 5.75 Å². The van der Waals surface area contributed by atoms with Crippen LogP contribution in [0.25, 0.3) is 10.9 Å². The number of ether oxygens (including phenoxy) is 1. The molecular weight excluding hydrogens is 338 g/mol. The number of para-hydroxylation sites is 1. The molecule has 0 aliphatic carbocycles. The average molecular weight is 354 g/mol. The van der Waals surface area contributed by atoms with Gasteiger partial charge in [-0.05, 0) is 36.8 Å². The zero-order valence-corrected chi connectivity index (χ0v) is 14.3. The van der Waals surface area contributed by atoms with Gasteiger partial charge in [0.25, 0.3) is 5.91 Å². The van der Waals surface area contributed by atoms with Crippen LogP contribution < -0.4 is 10.2 Å². The highest BCUT2D eigenvalue weighted by atomic mass is 35.5. The quantitative estimate of drug-likeness (QED) is 0.432. The van der Waals surface area contributed by atoms with E-state index in [0.717, 1.165) is 16.5 Å². The molecular formula is C19H16ClN3O2. The molecule has 0 fully saturated rings. The molecule has 0 saturated carbocycles. The maximum absolute atomic E-state index is 11.8. The fourth-order valence-corrected chi connectivity index (χ4v) is 2.45. The van der Waals surface area contributed by atoms with Crippen LogP contribution >= 0.6 is 11.6 Å². The van der Waals surface area contributed by atoms with E-state index < -0.39 is 0 Å². The predicted octanol–water partition coefficient (Wildman–Crippen LogP) is 3.73. The second-order valence-electron chi connectivity index (χ2n) is 5.46. The minimum atomic E-state index is -0.359. The maximum Gasteiger partial charge on any atom is 0.277 e. The highest BCUT2D eigenvalue weighted by molar-refractivity contribution is 6.32. The van der Waals surface area contributed by atoms with E-state index in [-0.39, 0.29) is 12.5 Å². The number of hydrogen-bond donors (Lipinski definition) is 1. The van der Waals surface area contributed by atoms with Crippen molar-refractivity contribution in [3.63, 3.8) is 0 Å². The van der Waals surface area contributed by atoms with Crippen molar-refractivity contribution < 1.29 is 9.53 Å². The number of amides is 1. The van der Waals surface area contributed by atoms with Gasteiger partial charge in [0.1, 0.15) is 10.9 Å². The lowest BCUT2D eigenvalue weighted by atomic mass is 10.2. The van der Waals surface area contributed by atoms with Crippen LogP contribution in [0.4, 0.5) is 0 Å². The van der Waals surface area contributed by atoms with Gasteiger partial charge in [0.15, 0.2) is 6.61 Å². The second-order valence-corrected chi connectivity index (χ2v) is 5.82. The van der Waals surface area contributed by atoms with Crippen LogP contribution in [0.2, 0.25) is 5.15 Å². The van der Waals surface area contributed by atoms with Gasteiger partial charge < -0.3 is 4.74 Å². The number of nitrogens with one attached hydrogen (secondary N) is 1. The Kier molecular flexibility index (Phi) is 5.26. The van der Waals surface area contributed by atoms with Gasteiger partial charge in [0, 0.05) is 10.9 Å². The van der Waals surface area contributed by atoms with Gasteiger partial charge in [0.2, 0.25) is 0 Å². The number of carbonyl (C=O) groups excluding carboxylic acids is 1. The molecule has 0 radical (unpaired) electrons. The molecule has 3 rings (SSSR count). The van der Waals surface area contributed by atoms with Gasteiger partial charge >= 0.3 is 0 Å². The van der Waals surface area contributed by atoms with E-state index in [1.54, 1.807) is 6.07 Å². The summed E-state index contributed by atoms with van der Waals surface area (Å²) in [5.74, 6) is 0.281. The molecule has 1 amide bonds. The number of fused-ring (bicyclic) bond motifs is 1. The molecule has 0 spiro atoms. The summed E-state index contributed by atoms with van der Waals surface area (Å²) in [6, 6.07) is 17.0. The van der Waals surface area contributed by atoms with Crippen LogP contribution in [0, 0.1) is 6.92 Å². The summed E-state index contributed by atoms with van der Waals surface area (Å²) in [4.78, 5) is 16.1. The first-order valence-electron chi connectivity index (χ1n) is 7.68. The highest BCUT2D eigenvalue weighted by Crippen LogP contribution is 2.18. The molecule has 0 aliphatic rings. The Balaban J connectivity index is 1.59. The van der Waals surface area contributed by atoms with Crippen LogP contribution in [0.15, 0.2) is 59.7 Å². The number of benzene rings is 2. The van der Waals surface area contributed by atoms with Gasteiger partial charge in [-0.3, -0.25) is 4.79 Å². The van der Waals surface area contributed by atoms with Crippen LogP contribution in [-0.2, 0) is 4.79 Å². The third kappa shape index (κ3) is 4.55. The first kappa shape index (κ1) is 16.9. The van der Waals surface area contributed by atoms with Crippen molar-refractivity contribution in [2.75, 3.05) is 6.61 Å². The Morgan fingerprint density at radius 1 is 1.24 bits per heavy atom. The van der Waals surface area contributed by atoms with Crippen molar-refractivity contribution in [2.45, 2.75) is 6.92 Å². The van der Waals surface area contributed by atoms with Crippen molar-refractivity contribution in [1.82, 2.24) is 10.4 Å². The molecule has 0 bridgehead atoms. The molecule has 0 saturated heterocycles. The number of carbonyl (C=O) groups is 1. The van der Waals surface area contributed by atoms with Crippen molar-refractivity contribution in [1.29, 1.82) is 0 Å². The van der Waals surface area contributed by atoms with Crippen molar-refractivity contribution in [3.05, 3.63) is 70.9 Å². The zero-order chi connectivity index (χ0) is 17.6. The summed E-state index contributed by atoms with van der Waals surface area (Å²) in [6.07, 6.45) is 1.46. The van der Waals surface area contributed by atoms with E-state index >= 15 is 0 Å². The Morgan fingerprint density at radius 2 is 2.08 bits per heavy atom. The molecule has 1 heterocycles. The fraction of sp³-hybridized carbons (Fsp3) is 0.105. The first-order valence-corrected chi connectivity index (χ1v) is 8.06. The van der Waals surface area contributed by atoms with Crippen molar-refractivity contribution >= 4 is 34.6 Å². The van der Waals surface area contributed by atoms with E-state index in [1.165, 1.54) is 6.21 Å². The molecule has 0 unspecified atom stereocenters. The van der Waals surface area contributed by atoms with Crippen LogP contribution in [0.3, 0.4) is 0 Å². The van der Waals surface area contributed by atoms with Crippen LogP contribution in [0.5, 0.6) is 5.75 Å². The van der Waals surface area contributed by atoms with Gasteiger partial charge in [-0.15, -0.1) is 0 Å². The summed E-state index contributed by atoms with van der Waals surface area (Å²) in [6.45, 7) is 1.84.